The molecule has 0 bridgehead atoms. The van der Waals surface area contributed by atoms with Gasteiger partial charge in [-0.05, 0) is 23.3 Å². The van der Waals surface area contributed by atoms with Crippen LogP contribution in [0.25, 0.3) is 5.57 Å². The van der Waals surface area contributed by atoms with Crippen molar-refractivity contribution in [3.8, 4) is 6.07 Å². The van der Waals surface area contributed by atoms with Crippen LogP contribution < -0.4 is 5.32 Å². The number of nitriles is 1. The van der Waals surface area contributed by atoms with E-state index in [1.54, 1.807) is 24.4 Å². The van der Waals surface area contributed by atoms with Crippen LogP contribution in [0.3, 0.4) is 0 Å². The maximum Gasteiger partial charge on any atom is 0.146 e. The maximum absolute atomic E-state index is 10.5. The van der Waals surface area contributed by atoms with Crippen molar-refractivity contribution in [2.75, 3.05) is 0 Å². The fourth-order valence-corrected chi connectivity index (χ4v) is 1.50. The average molecular weight is 210 g/mol. The molecule has 0 spiro atoms. The number of hydrogen-bond donors (Lipinski definition) is 1. The molecule has 2 rings (SSSR count). The number of hydrogen-bond acceptors (Lipinski definition) is 3. The van der Waals surface area contributed by atoms with Gasteiger partial charge in [0, 0.05) is 6.20 Å². The van der Waals surface area contributed by atoms with Crippen molar-refractivity contribution >= 4 is 11.9 Å². The Bertz CT molecular complexity index is 492. The first-order valence-electron chi connectivity index (χ1n) is 4.94. The number of nitrogens with one attached hydrogen (secondary N) is 1. The minimum absolute atomic E-state index is 0.234. The number of dihydropyridines is 1. The second kappa shape index (κ2) is 4.45. The van der Waals surface area contributed by atoms with E-state index in [0.717, 1.165) is 17.4 Å². The first-order chi connectivity index (χ1) is 7.83. The molecule has 0 fully saturated rings. The van der Waals surface area contributed by atoms with Gasteiger partial charge in [-0.2, -0.15) is 5.26 Å². The van der Waals surface area contributed by atoms with Crippen LogP contribution >= 0.6 is 0 Å². The van der Waals surface area contributed by atoms with Crippen LogP contribution in [0, 0.1) is 11.3 Å². The largest absolute Gasteiger partial charge is 0.378 e. The normalized spacial score (nSPS) is 18.2. The van der Waals surface area contributed by atoms with Gasteiger partial charge in [-0.1, -0.05) is 24.3 Å². The highest BCUT2D eigenvalue weighted by molar-refractivity contribution is 5.77. The van der Waals surface area contributed by atoms with E-state index in [9.17, 15) is 4.79 Å². The predicted octanol–water partition coefficient (Wildman–Crippen LogP) is 1.63. The van der Waals surface area contributed by atoms with Crippen molar-refractivity contribution in [1.82, 2.24) is 5.32 Å². The van der Waals surface area contributed by atoms with Crippen molar-refractivity contribution in [3.05, 3.63) is 53.7 Å². The number of carbonyl (C=O) groups is 1. The van der Waals surface area contributed by atoms with Gasteiger partial charge in [0.15, 0.2) is 0 Å². The van der Waals surface area contributed by atoms with E-state index < -0.39 is 0 Å². The minimum Gasteiger partial charge on any atom is -0.378 e. The summed E-state index contributed by atoms with van der Waals surface area (Å²) in [4.78, 5) is 10.5. The number of carbonyl (C=O) groups excluding carboxylic acids is 1. The van der Waals surface area contributed by atoms with Crippen LogP contribution in [0.1, 0.15) is 11.1 Å². The zero-order chi connectivity index (χ0) is 11.4. The minimum atomic E-state index is -0.234. The quantitative estimate of drug-likeness (QED) is 0.755. The van der Waals surface area contributed by atoms with Gasteiger partial charge in [0.25, 0.3) is 0 Å². The summed E-state index contributed by atoms with van der Waals surface area (Å²) in [6.45, 7) is 0. The first kappa shape index (κ1) is 10.2. The summed E-state index contributed by atoms with van der Waals surface area (Å²) in [5, 5.41) is 11.6. The van der Waals surface area contributed by atoms with Crippen LogP contribution in [0.4, 0.5) is 0 Å². The van der Waals surface area contributed by atoms with E-state index in [0.29, 0.717) is 5.56 Å². The summed E-state index contributed by atoms with van der Waals surface area (Å²) in [5.74, 6) is 0. The molecule has 1 aliphatic rings. The molecule has 1 N–H and O–H groups in total. The van der Waals surface area contributed by atoms with E-state index in [1.807, 2.05) is 18.2 Å². The fourth-order valence-electron chi connectivity index (χ4n) is 1.50. The lowest BCUT2D eigenvalue weighted by atomic mass is 10.0. The summed E-state index contributed by atoms with van der Waals surface area (Å²) in [7, 11) is 0. The van der Waals surface area contributed by atoms with Gasteiger partial charge < -0.3 is 10.1 Å². The van der Waals surface area contributed by atoms with E-state index in [4.69, 9.17) is 5.26 Å². The summed E-state index contributed by atoms with van der Waals surface area (Å²) >= 11 is 0. The standard InChI is InChI=1S/C13H10N2O/c14-7-10-1-3-11(4-2-10)12-5-6-13(9-16)15-8-12/h1-6,8-9,13,15H. The molecule has 1 aliphatic heterocycles. The molecule has 3 nitrogen and oxygen atoms in total. The van der Waals surface area contributed by atoms with Crippen molar-refractivity contribution < 1.29 is 4.79 Å². The molecule has 78 valence electrons. The number of allylic oxidation sites excluding steroid dienone is 2. The Labute approximate surface area is 93.7 Å². The highest BCUT2D eigenvalue weighted by atomic mass is 16.1. The Morgan fingerprint density at radius 1 is 1.31 bits per heavy atom. The summed E-state index contributed by atoms with van der Waals surface area (Å²) < 4.78 is 0. The molecule has 0 aliphatic carbocycles. The molecule has 1 aromatic carbocycles. The Balaban J connectivity index is 2.20. The zero-order valence-electron chi connectivity index (χ0n) is 8.55. The first-order valence-corrected chi connectivity index (χ1v) is 4.94. The summed E-state index contributed by atoms with van der Waals surface area (Å²) in [6.07, 6.45) is 6.36. The Hall–Kier alpha value is -2.34. The summed E-state index contributed by atoms with van der Waals surface area (Å²) in [6, 6.07) is 9.16. The highest BCUT2D eigenvalue weighted by Crippen LogP contribution is 2.18. The van der Waals surface area contributed by atoms with Gasteiger partial charge in [-0.3, -0.25) is 0 Å². The molecule has 0 amide bonds. The molecule has 3 heteroatoms. The number of nitrogens with zero attached hydrogens (tertiary/aromatic N) is 1. The average Bonchev–Trinajstić information content (AvgIpc) is 2.39. The highest BCUT2D eigenvalue weighted by Gasteiger charge is 2.07. The molecule has 0 saturated heterocycles. The lowest BCUT2D eigenvalue weighted by molar-refractivity contribution is -0.108. The van der Waals surface area contributed by atoms with Crippen LogP contribution in [-0.2, 0) is 4.79 Å². The van der Waals surface area contributed by atoms with Gasteiger partial charge >= 0.3 is 0 Å². The molecule has 0 aromatic heterocycles. The van der Waals surface area contributed by atoms with Crippen molar-refractivity contribution in [2.45, 2.75) is 6.04 Å². The lowest BCUT2D eigenvalue weighted by Crippen LogP contribution is -2.25. The van der Waals surface area contributed by atoms with Crippen molar-refractivity contribution in [2.24, 2.45) is 0 Å². The van der Waals surface area contributed by atoms with E-state index >= 15 is 0 Å². The number of rotatable bonds is 2. The smallest absolute Gasteiger partial charge is 0.146 e. The third kappa shape index (κ3) is 2.01. The molecule has 0 radical (unpaired) electrons. The zero-order valence-corrected chi connectivity index (χ0v) is 8.55. The Morgan fingerprint density at radius 3 is 2.56 bits per heavy atom. The predicted molar refractivity (Wildman–Crippen MR) is 61.3 cm³/mol. The van der Waals surface area contributed by atoms with Gasteiger partial charge in [0.05, 0.1) is 11.6 Å². The number of benzene rings is 1. The van der Waals surface area contributed by atoms with E-state index in [1.165, 1.54) is 0 Å². The monoisotopic (exact) mass is 210 g/mol. The Kier molecular flexibility index (Phi) is 2.84. The summed E-state index contributed by atoms with van der Waals surface area (Å²) in [5.41, 5.74) is 2.66. The third-order valence-corrected chi connectivity index (χ3v) is 2.41. The van der Waals surface area contributed by atoms with Crippen molar-refractivity contribution in [1.29, 1.82) is 5.26 Å². The molecule has 16 heavy (non-hydrogen) atoms. The molecule has 1 atom stereocenters. The molecular weight excluding hydrogens is 200 g/mol. The van der Waals surface area contributed by atoms with E-state index in [2.05, 4.69) is 11.4 Å². The molecule has 1 aromatic rings. The topological polar surface area (TPSA) is 52.9 Å². The number of aldehydes is 1. The van der Waals surface area contributed by atoms with Crippen LogP contribution in [0.2, 0.25) is 0 Å². The second-order valence-corrected chi connectivity index (χ2v) is 3.48. The lowest BCUT2D eigenvalue weighted by Gasteiger charge is -2.13. The van der Waals surface area contributed by atoms with Crippen LogP contribution in [-0.4, -0.2) is 12.3 Å². The fraction of sp³-hybridized carbons (Fsp3) is 0.0769. The third-order valence-electron chi connectivity index (χ3n) is 2.41. The second-order valence-electron chi connectivity index (χ2n) is 3.48. The molecular formula is C13H10N2O. The maximum atomic E-state index is 10.5. The van der Waals surface area contributed by atoms with Gasteiger partial charge in [-0.15, -0.1) is 0 Å². The van der Waals surface area contributed by atoms with E-state index in [-0.39, 0.29) is 6.04 Å². The molecule has 1 heterocycles. The van der Waals surface area contributed by atoms with Crippen LogP contribution in [0.5, 0.6) is 0 Å². The van der Waals surface area contributed by atoms with Gasteiger partial charge in [-0.25, -0.2) is 0 Å². The SMILES string of the molecule is N#Cc1ccc(C2=CNC(C=O)C=C2)cc1. The Morgan fingerprint density at radius 2 is 2.06 bits per heavy atom. The van der Waals surface area contributed by atoms with Gasteiger partial charge in [0.1, 0.15) is 12.3 Å². The molecule has 0 saturated carbocycles. The molecule has 1 unspecified atom stereocenters. The van der Waals surface area contributed by atoms with Gasteiger partial charge in [0.2, 0.25) is 0 Å². The van der Waals surface area contributed by atoms with Crippen molar-refractivity contribution in [3.63, 3.8) is 0 Å². The van der Waals surface area contributed by atoms with Crippen LogP contribution in [0.15, 0.2) is 42.6 Å².